The maximum atomic E-state index is 13.8. The zero-order chi connectivity index (χ0) is 32.9. The van der Waals surface area contributed by atoms with Crippen LogP contribution in [0.4, 0.5) is 0 Å². The molecule has 0 saturated heterocycles. The average Bonchev–Trinajstić information content (AvgIpc) is 3.83. The molecule has 4 amide bonds. The molecular formula is C32H33N9O6. The number of fused-ring (bicyclic) bond motifs is 5. The lowest BCUT2D eigenvalue weighted by atomic mass is 10.0. The first-order chi connectivity index (χ1) is 22.7. The van der Waals surface area contributed by atoms with Gasteiger partial charge in [-0.3, -0.25) is 19.2 Å². The van der Waals surface area contributed by atoms with Crippen molar-refractivity contribution in [2.24, 2.45) is 5.92 Å². The summed E-state index contributed by atoms with van der Waals surface area (Å²) in [5.74, 6) is -1.56. The number of hydrogen-bond donors (Lipinski definition) is 3. The Labute approximate surface area is 268 Å². The quantitative estimate of drug-likeness (QED) is 0.257. The zero-order valence-electron chi connectivity index (χ0n) is 25.8. The first kappa shape index (κ1) is 31.1. The molecule has 2 atom stereocenters. The van der Waals surface area contributed by atoms with Crippen LogP contribution in [0.5, 0.6) is 0 Å². The second-order valence-corrected chi connectivity index (χ2v) is 11.6. The van der Waals surface area contributed by atoms with Crippen molar-refractivity contribution in [3.63, 3.8) is 0 Å². The molecule has 47 heavy (non-hydrogen) atoms. The Balaban J connectivity index is 1.33. The van der Waals surface area contributed by atoms with Crippen molar-refractivity contribution in [3.8, 4) is 0 Å². The highest BCUT2D eigenvalue weighted by Gasteiger charge is 2.29. The van der Waals surface area contributed by atoms with Gasteiger partial charge in [0.2, 0.25) is 11.8 Å². The van der Waals surface area contributed by atoms with E-state index in [1.165, 1.54) is 27.9 Å². The fourth-order valence-electron chi connectivity index (χ4n) is 5.28. The molecule has 4 bridgehead atoms. The molecule has 4 aromatic heterocycles. The van der Waals surface area contributed by atoms with Crippen LogP contribution in [0, 0.1) is 5.92 Å². The predicted octanol–water partition coefficient (Wildman–Crippen LogP) is 2.34. The lowest BCUT2D eigenvalue weighted by Crippen LogP contribution is -2.49. The van der Waals surface area contributed by atoms with E-state index in [1.54, 1.807) is 18.3 Å². The molecular weight excluding hydrogens is 606 g/mol. The molecule has 0 radical (unpaired) electrons. The van der Waals surface area contributed by atoms with Gasteiger partial charge >= 0.3 is 0 Å². The Kier molecular flexibility index (Phi) is 9.04. The Hall–Kier alpha value is -5.86. The van der Waals surface area contributed by atoms with E-state index in [2.05, 4.69) is 36.2 Å². The van der Waals surface area contributed by atoms with Crippen molar-refractivity contribution < 1.29 is 28.1 Å². The van der Waals surface area contributed by atoms with Gasteiger partial charge in [-0.15, -0.1) is 0 Å². The van der Waals surface area contributed by atoms with Crippen LogP contribution in [0.25, 0.3) is 5.65 Å². The molecule has 3 N–H and O–H groups in total. The number of carbonyl (C=O) groups excluding carboxylic acids is 4. The molecule has 242 valence electrons. The summed E-state index contributed by atoms with van der Waals surface area (Å²) in [5, 5.41) is 16.6. The predicted molar refractivity (Wildman–Crippen MR) is 165 cm³/mol. The van der Waals surface area contributed by atoms with Crippen LogP contribution >= 0.6 is 0 Å². The standard InChI is InChI=1S/C32H33N9O6/c1-19(2)13-24-31-38-25(18-46-31)30(44)36-22(14-20-7-4-3-5-8-20)28(42)33-11-12-40(17-21-15-23(39-47-21)29(43)37-24)32(45)26-16-34-27-9-6-10-35-41(26)27/h3-10,15-16,18-19,22,24H,11-14,17H2,1-2H3,(H,33,42)(H,36,44)(H,37,43)/t22-,24+/m0/s1. The first-order valence-corrected chi connectivity index (χ1v) is 15.2. The molecule has 0 fully saturated rings. The molecule has 1 aliphatic heterocycles. The number of nitrogens with one attached hydrogen (secondary N) is 3. The lowest BCUT2D eigenvalue weighted by Gasteiger charge is -2.23. The molecule has 0 unspecified atom stereocenters. The SMILES string of the molecule is CC(C)C[C@H]1NC(=O)c2cc(on2)CN(C(=O)c2cnc3cccnn23)CCNC(=O)[C@H](Cc2ccccc2)NC(=O)c2coc1n2. The van der Waals surface area contributed by atoms with Crippen LogP contribution in [0.15, 0.2) is 76.1 Å². The smallest absolute Gasteiger partial charge is 0.274 e. The van der Waals surface area contributed by atoms with E-state index in [9.17, 15) is 19.2 Å². The van der Waals surface area contributed by atoms with Crippen molar-refractivity contribution in [1.82, 2.24) is 45.6 Å². The van der Waals surface area contributed by atoms with E-state index in [0.717, 1.165) is 5.56 Å². The minimum Gasteiger partial charge on any atom is -0.446 e. The summed E-state index contributed by atoms with van der Waals surface area (Å²) in [5.41, 5.74) is 1.45. The van der Waals surface area contributed by atoms with E-state index >= 15 is 0 Å². The number of nitrogens with zero attached hydrogens (tertiary/aromatic N) is 6. The number of rotatable bonds is 5. The van der Waals surface area contributed by atoms with Crippen LogP contribution < -0.4 is 16.0 Å². The molecule has 6 rings (SSSR count). The van der Waals surface area contributed by atoms with E-state index < -0.39 is 35.7 Å². The number of imidazole rings is 1. The number of aromatic nitrogens is 5. The number of benzene rings is 1. The second-order valence-electron chi connectivity index (χ2n) is 11.6. The first-order valence-electron chi connectivity index (χ1n) is 15.2. The second kappa shape index (κ2) is 13.6. The van der Waals surface area contributed by atoms with Crippen LogP contribution in [-0.2, 0) is 17.8 Å². The van der Waals surface area contributed by atoms with Crippen molar-refractivity contribution in [2.45, 2.75) is 45.3 Å². The summed E-state index contributed by atoms with van der Waals surface area (Å²) in [7, 11) is 0. The third kappa shape index (κ3) is 7.19. The monoisotopic (exact) mass is 639 g/mol. The molecule has 0 aliphatic carbocycles. The summed E-state index contributed by atoms with van der Waals surface area (Å²) < 4.78 is 12.5. The molecule has 15 nitrogen and oxygen atoms in total. The van der Waals surface area contributed by atoms with Gasteiger partial charge < -0.3 is 29.8 Å². The van der Waals surface area contributed by atoms with Gasteiger partial charge in [0.1, 0.15) is 18.3 Å². The topological polar surface area (TPSA) is 190 Å². The highest BCUT2D eigenvalue weighted by Crippen LogP contribution is 2.22. The van der Waals surface area contributed by atoms with Crippen LogP contribution in [0.3, 0.4) is 0 Å². The summed E-state index contributed by atoms with van der Waals surface area (Å²) in [6.45, 7) is 3.95. The summed E-state index contributed by atoms with van der Waals surface area (Å²) in [6.07, 6.45) is 4.81. The lowest BCUT2D eigenvalue weighted by molar-refractivity contribution is -0.123. The third-order valence-corrected chi connectivity index (χ3v) is 7.57. The van der Waals surface area contributed by atoms with Gasteiger partial charge in [-0.2, -0.15) is 5.10 Å². The van der Waals surface area contributed by atoms with Gasteiger partial charge in [0.15, 0.2) is 28.5 Å². The Morgan fingerprint density at radius 2 is 1.81 bits per heavy atom. The summed E-state index contributed by atoms with van der Waals surface area (Å²) in [6, 6.07) is 12.5. The molecule has 15 heteroatoms. The molecule has 0 spiro atoms. The van der Waals surface area contributed by atoms with Crippen LogP contribution in [0.1, 0.15) is 75.0 Å². The van der Waals surface area contributed by atoms with Crippen molar-refractivity contribution in [1.29, 1.82) is 0 Å². The van der Waals surface area contributed by atoms with Crippen LogP contribution in [0.2, 0.25) is 0 Å². The number of hydrogen-bond acceptors (Lipinski definition) is 10. The Morgan fingerprint density at radius 1 is 1.02 bits per heavy atom. The fraction of sp³-hybridized carbons (Fsp3) is 0.312. The van der Waals surface area contributed by atoms with E-state index in [-0.39, 0.29) is 60.7 Å². The summed E-state index contributed by atoms with van der Waals surface area (Å²) in [4.78, 5) is 64.0. The van der Waals surface area contributed by atoms with E-state index in [4.69, 9.17) is 8.94 Å². The molecule has 0 saturated carbocycles. The largest absolute Gasteiger partial charge is 0.446 e. The van der Waals surface area contributed by atoms with Gasteiger partial charge in [-0.1, -0.05) is 49.3 Å². The number of oxazole rings is 1. The van der Waals surface area contributed by atoms with Gasteiger partial charge in [0.25, 0.3) is 17.7 Å². The highest BCUT2D eigenvalue weighted by atomic mass is 16.5. The van der Waals surface area contributed by atoms with Crippen LogP contribution in [-0.4, -0.2) is 72.4 Å². The number of carbonyl (C=O) groups is 4. The minimum atomic E-state index is -0.973. The van der Waals surface area contributed by atoms with Gasteiger partial charge in [-0.25, -0.2) is 14.5 Å². The Morgan fingerprint density at radius 3 is 2.62 bits per heavy atom. The fourth-order valence-corrected chi connectivity index (χ4v) is 5.28. The van der Waals surface area contributed by atoms with Gasteiger partial charge in [0, 0.05) is 31.8 Å². The molecule has 1 aromatic carbocycles. The maximum absolute atomic E-state index is 13.8. The van der Waals surface area contributed by atoms with Gasteiger partial charge in [0.05, 0.1) is 12.7 Å². The zero-order valence-corrected chi connectivity index (χ0v) is 25.8. The van der Waals surface area contributed by atoms with E-state index in [1.807, 2.05) is 44.2 Å². The van der Waals surface area contributed by atoms with Crippen molar-refractivity contribution in [2.75, 3.05) is 13.1 Å². The molecule has 5 heterocycles. The van der Waals surface area contributed by atoms with Crippen molar-refractivity contribution >= 4 is 29.3 Å². The number of amides is 4. The highest BCUT2D eigenvalue weighted by molar-refractivity contribution is 5.96. The molecule has 1 aliphatic rings. The van der Waals surface area contributed by atoms with Crippen molar-refractivity contribution in [3.05, 3.63) is 101 Å². The average molecular weight is 640 g/mol. The normalized spacial score (nSPS) is 17.9. The minimum absolute atomic E-state index is 0.0136. The maximum Gasteiger partial charge on any atom is 0.274 e. The summed E-state index contributed by atoms with van der Waals surface area (Å²) >= 11 is 0. The Bertz CT molecular complexity index is 1900. The van der Waals surface area contributed by atoms with Gasteiger partial charge in [-0.05, 0) is 30.0 Å². The molecule has 5 aromatic rings. The van der Waals surface area contributed by atoms with E-state index in [0.29, 0.717) is 12.1 Å². The third-order valence-electron chi connectivity index (χ3n) is 7.57.